The maximum Gasteiger partial charge on any atom is 0.242 e. The highest BCUT2D eigenvalue weighted by Crippen LogP contribution is 2.30. The Morgan fingerprint density at radius 3 is 2.64 bits per heavy atom. The second-order valence-electron chi connectivity index (χ2n) is 10.0. The highest BCUT2D eigenvalue weighted by Gasteiger charge is 2.36. The van der Waals surface area contributed by atoms with E-state index in [1.807, 2.05) is 60.7 Å². The monoisotopic (exact) mass is 485 g/mol. The number of nitrogens with zero attached hydrogens (tertiary/aromatic N) is 3. The van der Waals surface area contributed by atoms with Gasteiger partial charge in [0.15, 0.2) is 0 Å². The summed E-state index contributed by atoms with van der Waals surface area (Å²) in [5.74, 6) is -0.165. The van der Waals surface area contributed by atoms with Crippen LogP contribution in [0.4, 0.5) is 0 Å². The molecule has 2 aliphatic rings. The molecule has 7 nitrogen and oxygen atoms in total. The van der Waals surface area contributed by atoms with Gasteiger partial charge in [0.2, 0.25) is 11.8 Å². The van der Waals surface area contributed by atoms with Gasteiger partial charge in [0, 0.05) is 24.3 Å². The van der Waals surface area contributed by atoms with Crippen molar-refractivity contribution in [1.29, 1.82) is 0 Å². The zero-order chi connectivity index (χ0) is 25.2. The number of para-hydroxylation sites is 1. The number of hydrogen-bond acceptors (Lipinski definition) is 4. The van der Waals surface area contributed by atoms with Crippen LogP contribution in [0.25, 0.3) is 5.69 Å². The SMILES string of the molecule is Cc1nn(-c2ccccc2)c(C)c1[C@@H]1C(=O)NCCN1CC(=O)N[C@H](C)c1ccc2c(c1)CCCC2. The Balaban J connectivity index is 1.33. The molecule has 36 heavy (non-hydrogen) atoms. The van der Waals surface area contributed by atoms with E-state index < -0.39 is 6.04 Å². The molecule has 5 rings (SSSR count). The number of fused-ring (bicyclic) bond motifs is 1. The van der Waals surface area contributed by atoms with Crippen LogP contribution >= 0.6 is 0 Å². The molecule has 0 unspecified atom stereocenters. The Kier molecular flexibility index (Phi) is 6.92. The van der Waals surface area contributed by atoms with Gasteiger partial charge in [-0.05, 0) is 75.3 Å². The fourth-order valence-electron chi connectivity index (χ4n) is 5.65. The number of benzene rings is 2. The van der Waals surface area contributed by atoms with E-state index in [2.05, 4.69) is 28.8 Å². The topological polar surface area (TPSA) is 79.3 Å². The van der Waals surface area contributed by atoms with Crippen LogP contribution in [0, 0.1) is 13.8 Å². The molecule has 1 fully saturated rings. The zero-order valence-electron chi connectivity index (χ0n) is 21.4. The summed E-state index contributed by atoms with van der Waals surface area (Å²) in [7, 11) is 0. The van der Waals surface area contributed by atoms with Crippen molar-refractivity contribution >= 4 is 11.8 Å². The van der Waals surface area contributed by atoms with E-state index in [0.717, 1.165) is 41.0 Å². The van der Waals surface area contributed by atoms with E-state index in [0.29, 0.717) is 13.1 Å². The van der Waals surface area contributed by atoms with Crippen molar-refractivity contribution in [1.82, 2.24) is 25.3 Å². The highest BCUT2D eigenvalue weighted by atomic mass is 16.2. The highest BCUT2D eigenvalue weighted by molar-refractivity contribution is 5.86. The second kappa shape index (κ2) is 10.3. The van der Waals surface area contributed by atoms with Gasteiger partial charge in [0.1, 0.15) is 6.04 Å². The molecule has 7 heteroatoms. The number of carbonyl (C=O) groups excluding carboxylic acids is 2. The first kappa shape index (κ1) is 24.3. The summed E-state index contributed by atoms with van der Waals surface area (Å²) in [5, 5.41) is 10.9. The van der Waals surface area contributed by atoms with Gasteiger partial charge in [0.25, 0.3) is 0 Å². The van der Waals surface area contributed by atoms with Crippen LogP contribution in [0.15, 0.2) is 48.5 Å². The van der Waals surface area contributed by atoms with Crippen LogP contribution in [0.3, 0.4) is 0 Å². The summed E-state index contributed by atoms with van der Waals surface area (Å²) in [6.45, 7) is 7.23. The van der Waals surface area contributed by atoms with Crippen molar-refractivity contribution in [2.75, 3.05) is 19.6 Å². The summed E-state index contributed by atoms with van der Waals surface area (Å²) < 4.78 is 1.88. The number of hydrogen-bond donors (Lipinski definition) is 2. The molecule has 1 aliphatic carbocycles. The van der Waals surface area contributed by atoms with Crippen molar-refractivity contribution in [3.05, 3.63) is 82.2 Å². The molecular weight excluding hydrogens is 450 g/mol. The number of carbonyl (C=O) groups is 2. The minimum atomic E-state index is -0.555. The van der Waals surface area contributed by atoms with Crippen molar-refractivity contribution in [2.24, 2.45) is 0 Å². The normalized spacial score (nSPS) is 18.9. The van der Waals surface area contributed by atoms with Crippen molar-refractivity contribution < 1.29 is 9.59 Å². The molecule has 2 heterocycles. The molecule has 0 saturated carbocycles. The van der Waals surface area contributed by atoms with E-state index in [1.165, 1.54) is 24.0 Å². The van der Waals surface area contributed by atoms with Gasteiger partial charge >= 0.3 is 0 Å². The molecule has 2 aromatic carbocycles. The first-order chi connectivity index (χ1) is 17.4. The van der Waals surface area contributed by atoms with E-state index in [1.54, 1.807) is 0 Å². The summed E-state index contributed by atoms with van der Waals surface area (Å²) in [6, 6.07) is 15.9. The van der Waals surface area contributed by atoms with Gasteiger partial charge < -0.3 is 10.6 Å². The lowest BCUT2D eigenvalue weighted by Crippen LogP contribution is -2.53. The Morgan fingerprint density at radius 1 is 1.11 bits per heavy atom. The van der Waals surface area contributed by atoms with E-state index in [4.69, 9.17) is 5.10 Å². The summed E-state index contributed by atoms with van der Waals surface area (Å²) in [6.07, 6.45) is 4.75. The van der Waals surface area contributed by atoms with E-state index >= 15 is 0 Å². The Hall–Kier alpha value is -3.45. The molecule has 0 radical (unpaired) electrons. The second-order valence-corrected chi connectivity index (χ2v) is 10.0. The first-order valence-electron chi connectivity index (χ1n) is 13.0. The molecule has 2 atom stereocenters. The van der Waals surface area contributed by atoms with Gasteiger partial charge in [-0.2, -0.15) is 5.10 Å². The zero-order valence-corrected chi connectivity index (χ0v) is 21.4. The maximum absolute atomic E-state index is 13.2. The molecule has 0 bridgehead atoms. The Morgan fingerprint density at radius 2 is 1.86 bits per heavy atom. The summed E-state index contributed by atoms with van der Waals surface area (Å²) >= 11 is 0. The van der Waals surface area contributed by atoms with E-state index in [9.17, 15) is 9.59 Å². The fraction of sp³-hybridized carbons (Fsp3) is 0.414. The molecule has 1 saturated heterocycles. The number of amides is 2. The Bertz CT molecular complexity index is 1270. The lowest BCUT2D eigenvalue weighted by Gasteiger charge is -2.35. The van der Waals surface area contributed by atoms with Crippen LogP contribution in [-0.4, -0.2) is 46.1 Å². The minimum absolute atomic E-state index is 0.0781. The van der Waals surface area contributed by atoms with Gasteiger partial charge in [0.05, 0.1) is 24.0 Å². The number of aromatic nitrogens is 2. The number of rotatable bonds is 6. The summed E-state index contributed by atoms with van der Waals surface area (Å²) in [5.41, 5.74) is 7.50. The average molecular weight is 486 g/mol. The third-order valence-electron chi connectivity index (χ3n) is 7.53. The van der Waals surface area contributed by atoms with Crippen LogP contribution in [0.1, 0.15) is 65.5 Å². The molecule has 2 amide bonds. The van der Waals surface area contributed by atoms with Gasteiger partial charge in [-0.3, -0.25) is 14.5 Å². The molecule has 1 aromatic heterocycles. The van der Waals surface area contributed by atoms with Crippen molar-refractivity contribution in [3.8, 4) is 5.69 Å². The van der Waals surface area contributed by atoms with Crippen LogP contribution in [0.2, 0.25) is 0 Å². The van der Waals surface area contributed by atoms with Gasteiger partial charge in [-0.25, -0.2) is 4.68 Å². The van der Waals surface area contributed by atoms with Crippen LogP contribution in [-0.2, 0) is 22.4 Å². The maximum atomic E-state index is 13.2. The van der Waals surface area contributed by atoms with Gasteiger partial charge in [-0.15, -0.1) is 0 Å². The minimum Gasteiger partial charge on any atom is -0.353 e. The quantitative estimate of drug-likeness (QED) is 0.558. The van der Waals surface area contributed by atoms with Crippen LogP contribution in [0.5, 0.6) is 0 Å². The van der Waals surface area contributed by atoms with Crippen LogP contribution < -0.4 is 10.6 Å². The van der Waals surface area contributed by atoms with Crippen molar-refractivity contribution in [2.45, 2.75) is 58.5 Å². The standard InChI is InChI=1S/C29H35N5O2/c1-19(23-14-13-22-9-7-8-10-24(22)17-23)31-26(35)18-33-16-15-30-29(36)28(33)27-20(2)32-34(21(27)3)25-11-5-4-6-12-25/h4-6,11-14,17,19,28H,7-10,15-16,18H2,1-3H3,(H,30,36)(H,31,35)/t19-,28-/m1/s1. The number of piperazine rings is 1. The number of nitrogens with one attached hydrogen (secondary N) is 2. The third-order valence-corrected chi connectivity index (χ3v) is 7.53. The smallest absolute Gasteiger partial charge is 0.242 e. The molecular formula is C29H35N5O2. The third kappa shape index (κ3) is 4.80. The van der Waals surface area contributed by atoms with Crippen molar-refractivity contribution in [3.63, 3.8) is 0 Å². The molecule has 1 aliphatic heterocycles. The molecule has 188 valence electrons. The predicted molar refractivity (Wildman–Crippen MR) is 140 cm³/mol. The molecule has 2 N–H and O–H groups in total. The number of aryl methyl sites for hydroxylation is 3. The van der Waals surface area contributed by atoms with Gasteiger partial charge in [-0.1, -0.05) is 36.4 Å². The molecule has 0 spiro atoms. The largest absolute Gasteiger partial charge is 0.353 e. The molecule has 3 aromatic rings. The predicted octanol–water partition coefficient (Wildman–Crippen LogP) is 3.72. The average Bonchev–Trinajstić information content (AvgIpc) is 3.18. The summed E-state index contributed by atoms with van der Waals surface area (Å²) in [4.78, 5) is 28.2. The first-order valence-corrected chi connectivity index (χ1v) is 13.0. The lowest BCUT2D eigenvalue weighted by atomic mass is 9.89. The van der Waals surface area contributed by atoms with E-state index in [-0.39, 0.29) is 24.4 Å². The Labute approximate surface area is 212 Å². The fourth-order valence-corrected chi connectivity index (χ4v) is 5.65. The lowest BCUT2D eigenvalue weighted by molar-refractivity contribution is -0.132.